The molecule has 0 bridgehead atoms. The lowest BCUT2D eigenvalue weighted by Gasteiger charge is -2.11. The number of nitrogens with zero attached hydrogens (tertiary/aromatic N) is 2. The molecule has 0 amide bonds. The number of para-hydroxylation sites is 2. The zero-order valence-electron chi connectivity index (χ0n) is 19.4. The van der Waals surface area contributed by atoms with Gasteiger partial charge in [-0.25, -0.2) is 27.3 Å². The molecule has 5 rings (SSSR count). The molecule has 1 aromatic heterocycles. The van der Waals surface area contributed by atoms with E-state index in [0.29, 0.717) is 28.7 Å². The molecule has 0 fully saturated rings. The zero-order valence-corrected chi connectivity index (χ0v) is 19.4. The van der Waals surface area contributed by atoms with Crippen molar-refractivity contribution in [1.82, 2.24) is 9.55 Å². The largest absolute Gasteiger partial charge is 0.422 e. The van der Waals surface area contributed by atoms with Crippen LogP contribution < -0.4 is 0 Å². The van der Waals surface area contributed by atoms with Gasteiger partial charge in [-0.15, -0.1) is 0 Å². The van der Waals surface area contributed by atoms with Crippen molar-refractivity contribution in [2.24, 2.45) is 0 Å². The summed E-state index contributed by atoms with van der Waals surface area (Å²) in [6, 6.07) is 19.6. The molecule has 9 heteroatoms. The number of benzene rings is 4. The first-order valence-corrected chi connectivity index (χ1v) is 11.2. The minimum atomic E-state index is -1.06. The van der Waals surface area contributed by atoms with Gasteiger partial charge in [-0.3, -0.25) is 9.36 Å². The lowest BCUT2D eigenvalue weighted by Crippen LogP contribution is -2.15. The fourth-order valence-electron chi connectivity index (χ4n) is 3.88. The standard InChI is InChI=1S/C29H16F4N2O3/c30-20-10-18(11-21(31)14-20)28(36)35-25-9-5-4-8-24(25)34-27(35)16-26(17-6-2-1-3-7-17)38-29(37)19-12-22(32)15-23(33)13-19/h1-16H/b26-16+. The molecule has 0 aliphatic rings. The molecule has 0 aliphatic carbocycles. The molecule has 4 aromatic carbocycles. The monoisotopic (exact) mass is 516 g/mol. The van der Waals surface area contributed by atoms with E-state index in [1.165, 1.54) is 6.08 Å². The van der Waals surface area contributed by atoms with Gasteiger partial charge in [0.2, 0.25) is 0 Å². The van der Waals surface area contributed by atoms with E-state index >= 15 is 0 Å². The van der Waals surface area contributed by atoms with Gasteiger partial charge in [0.25, 0.3) is 5.91 Å². The third-order valence-corrected chi connectivity index (χ3v) is 5.52. The van der Waals surface area contributed by atoms with Crippen molar-refractivity contribution in [2.45, 2.75) is 0 Å². The van der Waals surface area contributed by atoms with Gasteiger partial charge in [-0.1, -0.05) is 42.5 Å². The highest BCUT2D eigenvalue weighted by molar-refractivity contribution is 6.03. The van der Waals surface area contributed by atoms with E-state index in [1.807, 2.05) is 0 Å². The van der Waals surface area contributed by atoms with Crippen molar-refractivity contribution in [3.8, 4) is 0 Å². The van der Waals surface area contributed by atoms with E-state index in [-0.39, 0.29) is 22.7 Å². The quantitative estimate of drug-likeness (QED) is 0.149. The van der Waals surface area contributed by atoms with Crippen molar-refractivity contribution >= 4 is 34.7 Å². The Labute approximate surface area is 213 Å². The number of halogens is 4. The Bertz CT molecular complexity index is 1690. The molecular weight excluding hydrogens is 500 g/mol. The molecule has 0 radical (unpaired) electrons. The number of esters is 1. The molecule has 0 N–H and O–H groups in total. The molecule has 0 spiro atoms. The summed E-state index contributed by atoms with van der Waals surface area (Å²) in [6.07, 6.45) is 1.29. The highest BCUT2D eigenvalue weighted by Crippen LogP contribution is 2.25. The molecular formula is C29H16F4N2O3. The molecule has 5 nitrogen and oxygen atoms in total. The Kier molecular flexibility index (Phi) is 6.57. The first-order valence-electron chi connectivity index (χ1n) is 11.2. The van der Waals surface area contributed by atoms with E-state index in [1.54, 1.807) is 54.6 Å². The highest BCUT2D eigenvalue weighted by atomic mass is 19.1. The zero-order chi connectivity index (χ0) is 26.8. The van der Waals surface area contributed by atoms with E-state index < -0.39 is 35.1 Å². The maximum atomic E-state index is 13.9. The van der Waals surface area contributed by atoms with Crippen LogP contribution in [0.25, 0.3) is 22.9 Å². The third-order valence-electron chi connectivity index (χ3n) is 5.52. The summed E-state index contributed by atoms with van der Waals surface area (Å²) in [5, 5.41) is 0. The topological polar surface area (TPSA) is 61.2 Å². The van der Waals surface area contributed by atoms with Crippen molar-refractivity contribution in [3.63, 3.8) is 0 Å². The second kappa shape index (κ2) is 10.1. The maximum Gasteiger partial charge on any atom is 0.343 e. The number of imidazole rings is 1. The van der Waals surface area contributed by atoms with Crippen molar-refractivity contribution in [1.29, 1.82) is 0 Å². The summed E-state index contributed by atoms with van der Waals surface area (Å²) >= 11 is 0. The predicted molar refractivity (Wildman–Crippen MR) is 132 cm³/mol. The normalized spacial score (nSPS) is 11.5. The highest BCUT2D eigenvalue weighted by Gasteiger charge is 2.21. The van der Waals surface area contributed by atoms with Crippen LogP contribution in [-0.2, 0) is 4.74 Å². The molecule has 0 saturated carbocycles. The summed E-state index contributed by atoms with van der Waals surface area (Å²) in [4.78, 5) is 30.7. The molecule has 0 atom stereocenters. The van der Waals surface area contributed by atoms with Crippen LogP contribution in [0.4, 0.5) is 17.6 Å². The first-order chi connectivity index (χ1) is 18.3. The van der Waals surface area contributed by atoms with E-state index in [0.717, 1.165) is 28.8 Å². The minimum Gasteiger partial charge on any atom is -0.422 e. The molecule has 0 unspecified atom stereocenters. The molecule has 38 heavy (non-hydrogen) atoms. The Balaban J connectivity index is 1.66. The number of ether oxygens (including phenoxy) is 1. The summed E-state index contributed by atoms with van der Waals surface area (Å²) < 4.78 is 61.9. The Hall–Kier alpha value is -5.05. The van der Waals surface area contributed by atoms with Gasteiger partial charge in [0.05, 0.1) is 16.6 Å². The van der Waals surface area contributed by atoms with Crippen LogP contribution in [0, 0.1) is 23.3 Å². The maximum absolute atomic E-state index is 13.9. The van der Waals surface area contributed by atoms with Crippen molar-refractivity contribution in [3.05, 3.63) is 137 Å². The van der Waals surface area contributed by atoms with Crippen molar-refractivity contribution < 1.29 is 31.9 Å². The van der Waals surface area contributed by atoms with Gasteiger partial charge >= 0.3 is 5.97 Å². The minimum absolute atomic E-state index is 0.0158. The first kappa shape index (κ1) is 24.6. The second-order valence-corrected chi connectivity index (χ2v) is 8.18. The average molecular weight is 516 g/mol. The third kappa shape index (κ3) is 5.08. The van der Waals surface area contributed by atoms with Gasteiger partial charge < -0.3 is 4.74 Å². The van der Waals surface area contributed by atoms with Crippen molar-refractivity contribution in [2.75, 3.05) is 0 Å². The summed E-state index contributed by atoms with van der Waals surface area (Å²) in [6.45, 7) is 0. The second-order valence-electron chi connectivity index (χ2n) is 8.18. The van der Waals surface area contributed by atoms with Crippen LogP contribution >= 0.6 is 0 Å². The van der Waals surface area contributed by atoms with Gasteiger partial charge in [-0.05, 0) is 36.4 Å². The summed E-state index contributed by atoms with van der Waals surface area (Å²) in [5.41, 5.74) is 0.466. The van der Waals surface area contributed by atoms with Gasteiger partial charge in [0.1, 0.15) is 34.9 Å². The van der Waals surface area contributed by atoms with Gasteiger partial charge in [-0.2, -0.15) is 0 Å². The van der Waals surface area contributed by atoms with Crippen LogP contribution in [0.15, 0.2) is 91.0 Å². The van der Waals surface area contributed by atoms with Crippen LogP contribution in [0.2, 0.25) is 0 Å². The van der Waals surface area contributed by atoms with Gasteiger partial charge in [0, 0.05) is 29.3 Å². The smallest absolute Gasteiger partial charge is 0.343 e. The van der Waals surface area contributed by atoms with E-state index in [9.17, 15) is 27.2 Å². The van der Waals surface area contributed by atoms with Crippen LogP contribution in [0.1, 0.15) is 32.1 Å². The van der Waals surface area contributed by atoms with Gasteiger partial charge in [0.15, 0.2) is 0 Å². The summed E-state index contributed by atoms with van der Waals surface area (Å²) in [5.74, 6) is -5.73. The lowest BCUT2D eigenvalue weighted by molar-refractivity contribution is 0.0692. The number of fused-ring (bicyclic) bond motifs is 1. The number of carbonyl (C=O) groups is 2. The molecule has 0 saturated heterocycles. The number of hydrogen-bond acceptors (Lipinski definition) is 4. The molecule has 1 heterocycles. The lowest BCUT2D eigenvalue weighted by atomic mass is 10.1. The van der Waals surface area contributed by atoms with E-state index in [2.05, 4.69) is 4.98 Å². The fraction of sp³-hybridized carbons (Fsp3) is 0. The number of aromatic nitrogens is 2. The molecule has 0 aliphatic heterocycles. The van der Waals surface area contributed by atoms with Crippen LogP contribution in [0.5, 0.6) is 0 Å². The number of rotatable bonds is 5. The molecule has 188 valence electrons. The Morgan fingerprint density at radius 2 is 1.24 bits per heavy atom. The van der Waals surface area contributed by atoms with Crippen LogP contribution in [0.3, 0.4) is 0 Å². The SMILES string of the molecule is O=C(O/C(=C/c1nc2ccccc2n1C(=O)c1cc(F)cc(F)c1)c1ccccc1)c1cc(F)cc(F)c1. The molecule has 5 aromatic rings. The predicted octanol–water partition coefficient (Wildman–Crippen LogP) is 6.64. The fourth-order valence-corrected chi connectivity index (χ4v) is 3.88. The van der Waals surface area contributed by atoms with Crippen LogP contribution in [-0.4, -0.2) is 21.4 Å². The Morgan fingerprint density at radius 1 is 0.684 bits per heavy atom. The Morgan fingerprint density at radius 3 is 1.87 bits per heavy atom. The number of hydrogen-bond donors (Lipinski definition) is 0. The van der Waals surface area contributed by atoms with E-state index in [4.69, 9.17) is 4.74 Å². The average Bonchev–Trinajstić information content (AvgIpc) is 3.25. The summed E-state index contributed by atoms with van der Waals surface area (Å²) in [7, 11) is 0. The number of carbonyl (C=O) groups excluding carboxylic acids is 2.